The van der Waals surface area contributed by atoms with E-state index in [0.29, 0.717) is 0 Å². The van der Waals surface area contributed by atoms with Gasteiger partial charge in [-0.25, -0.2) is 0 Å². The third-order valence-electron chi connectivity index (χ3n) is 0. The van der Waals surface area contributed by atoms with Crippen molar-refractivity contribution < 1.29 is 130 Å². The maximum absolute atomic E-state index is 8.52. The Morgan fingerprint density at radius 3 is 1.17 bits per heavy atom. The zero-order valence-corrected chi connectivity index (χ0v) is 14.6. The van der Waals surface area contributed by atoms with Gasteiger partial charge in [0.05, 0.1) is 0 Å². The van der Waals surface area contributed by atoms with Crippen LogP contribution in [0.3, 0.4) is 0 Å². The van der Waals surface area contributed by atoms with E-state index in [1.807, 2.05) is 0 Å². The molecule has 0 aliphatic rings. The summed E-state index contributed by atoms with van der Waals surface area (Å²) >= 11 is 0. The van der Waals surface area contributed by atoms with Gasteiger partial charge in [0.15, 0.2) is 0 Å². The van der Waals surface area contributed by atoms with Crippen molar-refractivity contribution >= 4 is 9.17 Å². The molecule has 0 spiro atoms. The van der Waals surface area contributed by atoms with Gasteiger partial charge >= 0.3 is 116 Å². The average molecular weight is 247 g/mol. The summed E-state index contributed by atoms with van der Waals surface area (Å²) in [4.78, 5) is 17.0. The van der Waals surface area contributed by atoms with Crippen LogP contribution in [0, 0.1) is 0 Å². The molecule has 0 aromatic carbocycles. The second-order valence-corrected chi connectivity index (χ2v) is 0.750. The first kappa shape index (κ1) is 16.1. The molecule has 0 N–H and O–H groups in total. The van der Waals surface area contributed by atoms with E-state index in [4.69, 9.17) is 14.1 Å². The largest absolute Gasteiger partial charge is 1.00 e. The molecule has 0 aliphatic heterocycles. The van der Waals surface area contributed by atoms with Crippen LogP contribution in [0.1, 0.15) is 0 Å². The molecule has 0 amide bonds. The normalized spacial score (nSPS) is 4.00. The van der Waals surface area contributed by atoms with Gasteiger partial charge < -0.3 is 14.1 Å². The predicted molar refractivity (Wildman–Crippen MR) is 6.44 cm³/mol. The molecule has 6 heavy (non-hydrogen) atoms. The fourth-order valence-electron chi connectivity index (χ4n) is 0. The fraction of sp³-hybridized carbons (Fsp3) is 0. The summed E-state index contributed by atoms with van der Waals surface area (Å²) in [5, 5.41) is 0. The third-order valence-corrected chi connectivity index (χ3v) is 0. The van der Waals surface area contributed by atoms with E-state index in [9.17, 15) is 0 Å². The van der Waals surface area contributed by atoms with Crippen LogP contribution in [0.5, 0.6) is 0 Å². The molecule has 3 nitrogen and oxygen atoms in total. The number of hydrogen-bond donors (Lipinski definition) is 0. The molecule has 0 bridgehead atoms. The Kier molecular flexibility index (Phi) is 29.7. The van der Waals surface area contributed by atoms with Crippen LogP contribution >= 0.6 is 0 Å². The van der Waals surface area contributed by atoms with Crippen molar-refractivity contribution in [3.63, 3.8) is 0 Å². The summed E-state index contributed by atoms with van der Waals surface area (Å²) < 4.78 is 8.52. The standard InChI is InChI=1S/O3Si.2Rb/c1-4(2)3;;/q-2;2*+1. The fourth-order valence-corrected chi connectivity index (χ4v) is 0. The second kappa shape index (κ2) is 11.1. The molecular weight excluding hydrogens is 247 g/mol. The van der Waals surface area contributed by atoms with Gasteiger partial charge in [-0.1, -0.05) is 0 Å². The Hall–Kier alpha value is 3.23. The van der Waals surface area contributed by atoms with E-state index >= 15 is 0 Å². The van der Waals surface area contributed by atoms with Crippen LogP contribution < -0.4 is 126 Å². The molecule has 0 aromatic heterocycles. The van der Waals surface area contributed by atoms with E-state index in [1.54, 1.807) is 0 Å². The van der Waals surface area contributed by atoms with Crippen LogP contribution in [0.15, 0.2) is 0 Å². The van der Waals surface area contributed by atoms with Crippen molar-refractivity contribution in [2.75, 3.05) is 0 Å². The van der Waals surface area contributed by atoms with Gasteiger partial charge in [0, 0.05) is 9.17 Å². The molecule has 0 heterocycles. The van der Waals surface area contributed by atoms with Gasteiger partial charge in [-0.2, -0.15) is 0 Å². The van der Waals surface area contributed by atoms with Crippen molar-refractivity contribution in [2.24, 2.45) is 0 Å². The Morgan fingerprint density at radius 2 is 1.17 bits per heavy atom. The minimum atomic E-state index is -3.63. The van der Waals surface area contributed by atoms with Gasteiger partial charge in [0.25, 0.3) is 0 Å². The van der Waals surface area contributed by atoms with Crippen molar-refractivity contribution in [2.45, 2.75) is 0 Å². The van der Waals surface area contributed by atoms with Gasteiger partial charge in [-0.15, -0.1) is 0 Å². The van der Waals surface area contributed by atoms with Crippen molar-refractivity contribution in [3.05, 3.63) is 0 Å². The summed E-state index contributed by atoms with van der Waals surface area (Å²) in [6.45, 7) is 0. The van der Waals surface area contributed by atoms with E-state index in [0.717, 1.165) is 0 Å². The van der Waals surface area contributed by atoms with Crippen LogP contribution in [-0.2, 0) is 4.46 Å². The summed E-state index contributed by atoms with van der Waals surface area (Å²) in [6.07, 6.45) is 0. The van der Waals surface area contributed by atoms with Gasteiger partial charge in [0.1, 0.15) is 0 Å². The summed E-state index contributed by atoms with van der Waals surface area (Å²) in [5.41, 5.74) is 0. The molecule has 0 aliphatic carbocycles. The molecule has 0 unspecified atom stereocenters. The van der Waals surface area contributed by atoms with Gasteiger partial charge in [-0.05, 0) is 0 Å². The minimum absolute atomic E-state index is 0. The Balaban J connectivity index is -0.0000000450. The summed E-state index contributed by atoms with van der Waals surface area (Å²) in [5.74, 6) is 0. The Labute approximate surface area is 135 Å². The van der Waals surface area contributed by atoms with Crippen molar-refractivity contribution in [3.8, 4) is 0 Å². The number of hydrogen-bond acceptors (Lipinski definition) is 3. The molecule has 0 aromatic rings. The molecule has 0 radical (unpaired) electrons. The molecule has 0 fully saturated rings. The van der Waals surface area contributed by atoms with Crippen LogP contribution in [0.25, 0.3) is 0 Å². The Morgan fingerprint density at radius 1 is 1.17 bits per heavy atom. The molecular formula is O3Rb2Si. The number of rotatable bonds is 0. The second-order valence-electron chi connectivity index (χ2n) is 0.250. The van der Waals surface area contributed by atoms with E-state index in [1.165, 1.54) is 0 Å². The maximum atomic E-state index is 8.52. The smallest absolute Gasteiger partial charge is 0.672 e. The monoisotopic (exact) mass is 246 g/mol. The van der Waals surface area contributed by atoms with Crippen LogP contribution in [0.2, 0.25) is 0 Å². The predicted octanol–water partition coefficient (Wildman–Crippen LogP) is -8.87. The quantitative estimate of drug-likeness (QED) is 0.399. The van der Waals surface area contributed by atoms with E-state index in [2.05, 4.69) is 0 Å². The van der Waals surface area contributed by atoms with Crippen LogP contribution in [-0.4, -0.2) is 9.17 Å². The first-order valence-corrected chi connectivity index (χ1v) is 1.84. The van der Waals surface area contributed by atoms with E-state index in [-0.39, 0.29) is 116 Å². The molecule has 0 saturated heterocycles. The zero-order valence-electron chi connectivity index (χ0n) is 3.72. The minimum Gasteiger partial charge on any atom is -0.672 e. The first-order valence-electron chi connectivity index (χ1n) is 0.612. The van der Waals surface area contributed by atoms with E-state index < -0.39 is 9.17 Å². The zero-order chi connectivity index (χ0) is 3.58. The maximum Gasteiger partial charge on any atom is 1.00 e. The molecule has 24 valence electrons. The topological polar surface area (TPSA) is 63.2 Å². The Bertz CT molecular complexity index is 31.8. The van der Waals surface area contributed by atoms with Crippen molar-refractivity contribution in [1.82, 2.24) is 0 Å². The summed E-state index contributed by atoms with van der Waals surface area (Å²) in [6, 6.07) is 0. The molecule has 0 rings (SSSR count). The summed E-state index contributed by atoms with van der Waals surface area (Å²) in [7, 11) is -3.63. The third kappa shape index (κ3) is 26.9. The molecule has 0 saturated carbocycles. The molecule has 6 heteroatoms. The first-order chi connectivity index (χ1) is 1.73. The van der Waals surface area contributed by atoms with Gasteiger partial charge in [0.2, 0.25) is 0 Å². The average Bonchev–Trinajstić information content (AvgIpc) is 0.811. The van der Waals surface area contributed by atoms with Gasteiger partial charge in [-0.3, -0.25) is 0 Å². The molecule has 0 atom stereocenters. The SMILES string of the molecule is O=[Si]([O-])[O-].[Rb+].[Rb+]. The van der Waals surface area contributed by atoms with Crippen molar-refractivity contribution in [1.29, 1.82) is 0 Å². The van der Waals surface area contributed by atoms with Crippen LogP contribution in [0.4, 0.5) is 0 Å².